The number of likely N-dealkylation sites (tertiary alicyclic amines) is 1. The number of rotatable bonds is 5. The summed E-state index contributed by atoms with van der Waals surface area (Å²) in [7, 11) is 0. The Kier molecular flexibility index (Phi) is 6.11. The van der Waals surface area contributed by atoms with Crippen LogP contribution in [0.2, 0.25) is 0 Å². The minimum atomic E-state index is -0.786. The molecule has 1 heterocycles. The zero-order valence-corrected chi connectivity index (χ0v) is 17.8. The number of thioether (sulfide) groups is 1. The average Bonchev–Trinajstić information content (AvgIpc) is 3.30. The van der Waals surface area contributed by atoms with Gasteiger partial charge in [-0.05, 0) is 51.7 Å². The van der Waals surface area contributed by atoms with Crippen molar-refractivity contribution in [2.45, 2.75) is 74.0 Å². The SMILES string of the molecule is CC(C)(C)OC(=O)N1C[C@H](Sc2ccccc2CO)C[C@H]1C(=O)NC1(C#N)CC1. The fourth-order valence-corrected chi connectivity index (χ4v) is 4.61. The molecule has 2 amide bonds. The molecule has 0 radical (unpaired) electrons. The van der Waals surface area contributed by atoms with Gasteiger partial charge in [0.2, 0.25) is 5.91 Å². The van der Waals surface area contributed by atoms with E-state index in [-0.39, 0.29) is 17.8 Å². The molecule has 1 aliphatic carbocycles. The summed E-state index contributed by atoms with van der Waals surface area (Å²) < 4.78 is 5.51. The van der Waals surface area contributed by atoms with Gasteiger partial charge in [0.05, 0.1) is 12.7 Å². The third kappa shape index (κ3) is 5.22. The van der Waals surface area contributed by atoms with Crippen LogP contribution in [0.3, 0.4) is 0 Å². The molecule has 0 unspecified atom stereocenters. The van der Waals surface area contributed by atoms with Crippen molar-refractivity contribution in [1.29, 1.82) is 5.26 Å². The van der Waals surface area contributed by atoms with Crippen molar-refractivity contribution in [3.63, 3.8) is 0 Å². The second-order valence-corrected chi connectivity index (χ2v) is 9.92. The molecule has 0 aromatic heterocycles. The quantitative estimate of drug-likeness (QED) is 0.764. The second kappa shape index (κ2) is 8.25. The molecule has 2 aliphatic rings. The van der Waals surface area contributed by atoms with Gasteiger partial charge < -0.3 is 15.2 Å². The van der Waals surface area contributed by atoms with Crippen molar-refractivity contribution < 1.29 is 19.4 Å². The molecule has 3 rings (SSSR count). The predicted octanol–water partition coefficient (Wildman–Crippen LogP) is 2.82. The Morgan fingerprint density at radius 2 is 2.07 bits per heavy atom. The van der Waals surface area contributed by atoms with Gasteiger partial charge in [0.15, 0.2) is 0 Å². The van der Waals surface area contributed by atoms with Gasteiger partial charge in [-0.3, -0.25) is 9.69 Å². The lowest BCUT2D eigenvalue weighted by Gasteiger charge is -2.28. The second-order valence-electron chi connectivity index (χ2n) is 8.57. The Morgan fingerprint density at radius 1 is 1.38 bits per heavy atom. The van der Waals surface area contributed by atoms with Gasteiger partial charge in [-0.15, -0.1) is 11.8 Å². The third-order valence-electron chi connectivity index (χ3n) is 4.96. The largest absolute Gasteiger partial charge is 0.444 e. The van der Waals surface area contributed by atoms with Crippen molar-refractivity contribution in [3.05, 3.63) is 29.8 Å². The number of aliphatic hydroxyl groups is 1. The molecule has 156 valence electrons. The van der Waals surface area contributed by atoms with Gasteiger partial charge in [-0.2, -0.15) is 5.26 Å². The number of nitriles is 1. The lowest BCUT2D eigenvalue weighted by Crippen LogP contribution is -2.50. The summed E-state index contributed by atoms with van der Waals surface area (Å²) in [4.78, 5) is 28.1. The monoisotopic (exact) mass is 417 g/mol. The van der Waals surface area contributed by atoms with E-state index in [4.69, 9.17) is 4.74 Å². The Bertz CT molecular complexity index is 826. The van der Waals surface area contributed by atoms with Crippen molar-refractivity contribution in [2.75, 3.05) is 6.54 Å². The summed E-state index contributed by atoms with van der Waals surface area (Å²) in [5, 5.41) is 21.6. The van der Waals surface area contributed by atoms with Gasteiger partial charge in [0, 0.05) is 16.7 Å². The molecule has 2 atom stereocenters. The molecule has 0 spiro atoms. The standard InChI is InChI=1S/C21H27N3O4S/c1-20(2,3)28-19(27)24-11-15(29-17-7-5-4-6-14(17)12-25)10-16(24)18(26)23-21(13-22)8-9-21/h4-7,15-16,25H,8-12H2,1-3H3,(H,23,26)/t15-,16+/m1/s1. The van der Waals surface area contributed by atoms with E-state index in [1.54, 1.807) is 32.5 Å². The maximum Gasteiger partial charge on any atom is 0.411 e. The van der Waals surface area contributed by atoms with Crippen LogP contribution in [0.1, 0.15) is 45.6 Å². The minimum Gasteiger partial charge on any atom is -0.444 e. The zero-order valence-electron chi connectivity index (χ0n) is 17.0. The van der Waals surface area contributed by atoms with E-state index in [1.807, 2.05) is 24.3 Å². The Hall–Kier alpha value is -2.24. The topological polar surface area (TPSA) is 103 Å². The molecule has 2 fully saturated rings. The first-order valence-electron chi connectivity index (χ1n) is 9.75. The number of hydrogen-bond donors (Lipinski definition) is 2. The highest BCUT2D eigenvalue weighted by Gasteiger charge is 2.49. The summed E-state index contributed by atoms with van der Waals surface area (Å²) in [5.74, 6) is -0.312. The number of carbonyl (C=O) groups excluding carboxylic acids is 2. The van der Waals surface area contributed by atoms with Gasteiger partial charge >= 0.3 is 6.09 Å². The van der Waals surface area contributed by atoms with E-state index >= 15 is 0 Å². The van der Waals surface area contributed by atoms with Crippen molar-refractivity contribution >= 4 is 23.8 Å². The minimum absolute atomic E-state index is 0.0248. The molecule has 29 heavy (non-hydrogen) atoms. The van der Waals surface area contributed by atoms with Crippen LogP contribution in [0.5, 0.6) is 0 Å². The summed E-state index contributed by atoms with van der Waals surface area (Å²) in [5.41, 5.74) is -0.640. The van der Waals surface area contributed by atoms with Crippen LogP contribution < -0.4 is 5.32 Å². The average molecular weight is 418 g/mol. The number of amides is 2. The van der Waals surface area contributed by atoms with Gasteiger partial charge in [0.1, 0.15) is 17.2 Å². The number of carbonyl (C=O) groups is 2. The van der Waals surface area contributed by atoms with Crippen LogP contribution in [0, 0.1) is 11.3 Å². The van der Waals surface area contributed by atoms with Crippen molar-refractivity contribution in [1.82, 2.24) is 10.2 Å². The first kappa shape index (κ1) is 21.5. The van der Waals surface area contributed by atoms with Gasteiger partial charge in [0.25, 0.3) is 0 Å². The van der Waals surface area contributed by atoms with Crippen LogP contribution in [0.4, 0.5) is 4.79 Å². The molecule has 8 heteroatoms. The molecule has 1 aromatic carbocycles. The molecular formula is C21H27N3O4S. The fourth-order valence-electron chi connectivity index (χ4n) is 3.29. The van der Waals surface area contributed by atoms with Crippen LogP contribution in [0.15, 0.2) is 29.2 Å². The van der Waals surface area contributed by atoms with Crippen molar-refractivity contribution in [3.8, 4) is 6.07 Å². The molecule has 1 saturated carbocycles. The van der Waals surface area contributed by atoms with Crippen LogP contribution >= 0.6 is 11.8 Å². The molecule has 1 aromatic rings. The summed E-state index contributed by atoms with van der Waals surface area (Å²) in [6.45, 7) is 5.65. The highest BCUT2D eigenvalue weighted by Crippen LogP contribution is 2.38. The lowest BCUT2D eigenvalue weighted by molar-refractivity contribution is -0.126. The molecular weight excluding hydrogens is 390 g/mol. The zero-order chi connectivity index (χ0) is 21.2. The van der Waals surface area contributed by atoms with Crippen LogP contribution in [-0.4, -0.2) is 51.0 Å². The highest BCUT2D eigenvalue weighted by molar-refractivity contribution is 8.00. The summed E-state index contributed by atoms with van der Waals surface area (Å²) >= 11 is 1.55. The molecule has 1 saturated heterocycles. The Balaban J connectivity index is 1.77. The van der Waals surface area contributed by atoms with Crippen LogP contribution in [0.25, 0.3) is 0 Å². The van der Waals surface area contributed by atoms with E-state index in [9.17, 15) is 20.0 Å². The number of ether oxygens (including phenoxy) is 1. The van der Waals surface area contributed by atoms with E-state index < -0.39 is 23.3 Å². The highest BCUT2D eigenvalue weighted by atomic mass is 32.2. The lowest BCUT2D eigenvalue weighted by atomic mass is 10.2. The summed E-state index contributed by atoms with van der Waals surface area (Å²) in [6, 6.07) is 9.02. The van der Waals surface area contributed by atoms with Crippen LogP contribution in [-0.2, 0) is 16.1 Å². The Morgan fingerprint density at radius 3 is 2.66 bits per heavy atom. The fraction of sp³-hybridized carbons (Fsp3) is 0.571. The van der Waals surface area contributed by atoms with E-state index in [0.717, 1.165) is 10.5 Å². The molecule has 2 N–H and O–H groups in total. The van der Waals surface area contributed by atoms with E-state index in [1.165, 1.54) is 4.90 Å². The normalized spacial score (nSPS) is 22.7. The number of nitrogens with one attached hydrogen (secondary N) is 1. The maximum absolute atomic E-state index is 12.9. The van der Waals surface area contributed by atoms with Gasteiger partial charge in [-0.25, -0.2) is 4.79 Å². The van der Waals surface area contributed by atoms with Gasteiger partial charge in [-0.1, -0.05) is 18.2 Å². The van der Waals surface area contributed by atoms with E-state index in [2.05, 4.69) is 11.4 Å². The number of hydrogen-bond acceptors (Lipinski definition) is 6. The van der Waals surface area contributed by atoms with E-state index in [0.29, 0.717) is 25.8 Å². The molecule has 1 aliphatic heterocycles. The smallest absolute Gasteiger partial charge is 0.411 e. The first-order valence-corrected chi connectivity index (χ1v) is 10.6. The summed E-state index contributed by atoms with van der Waals surface area (Å²) in [6.07, 6.45) is 1.20. The number of benzene rings is 1. The molecule has 0 bridgehead atoms. The predicted molar refractivity (Wildman–Crippen MR) is 109 cm³/mol. The third-order valence-corrected chi connectivity index (χ3v) is 6.28. The Labute approximate surface area is 175 Å². The number of aliphatic hydroxyl groups excluding tert-OH is 1. The van der Waals surface area contributed by atoms with Crippen molar-refractivity contribution in [2.24, 2.45) is 0 Å². The number of nitrogens with zero attached hydrogens (tertiary/aromatic N) is 2. The molecule has 7 nitrogen and oxygen atoms in total. The first-order chi connectivity index (χ1) is 13.7. The maximum atomic E-state index is 12.9.